The molecule has 1 aromatic heterocycles. The smallest absolute Gasteiger partial charge is 0.145 e. The number of hydrogen-bond acceptors (Lipinski definition) is 5. The summed E-state index contributed by atoms with van der Waals surface area (Å²) in [6.45, 7) is 7.87. The van der Waals surface area contributed by atoms with Crippen molar-refractivity contribution in [1.29, 1.82) is 0 Å². The number of nitrogens with zero attached hydrogens (tertiary/aromatic N) is 2. The molecule has 1 heterocycles. The third-order valence-corrected chi connectivity index (χ3v) is 2.86. The first-order valence-electron chi connectivity index (χ1n) is 6.68. The molecule has 0 saturated heterocycles. The first-order chi connectivity index (χ1) is 9.77. The highest BCUT2D eigenvalue weighted by molar-refractivity contribution is 5.60. The average molecular weight is 289 g/mol. The second kappa shape index (κ2) is 5.65. The Balaban J connectivity index is 2.39. The zero-order chi connectivity index (χ0) is 15.6. The number of rotatable bonds is 3. The topological polar surface area (TPSA) is 75.9 Å². The summed E-state index contributed by atoms with van der Waals surface area (Å²) in [7, 11) is 0. The van der Waals surface area contributed by atoms with Gasteiger partial charge in [0.2, 0.25) is 0 Å². The minimum absolute atomic E-state index is 0.221. The van der Waals surface area contributed by atoms with E-state index in [4.69, 9.17) is 5.84 Å². The lowest BCUT2D eigenvalue weighted by Crippen LogP contribution is -2.19. The van der Waals surface area contributed by atoms with Crippen LogP contribution < -0.4 is 16.6 Å². The number of hydrogen-bond donors (Lipinski definition) is 3. The van der Waals surface area contributed by atoms with Crippen molar-refractivity contribution in [2.75, 3.05) is 10.7 Å². The molecule has 2 rings (SSSR count). The molecule has 0 aliphatic carbocycles. The Labute approximate surface area is 123 Å². The van der Waals surface area contributed by atoms with Crippen molar-refractivity contribution in [2.45, 2.75) is 33.1 Å². The number of aromatic nitrogens is 2. The van der Waals surface area contributed by atoms with Gasteiger partial charge in [0.05, 0.1) is 0 Å². The van der Waals surface area contributed by atoms with E-state index in [1.807, 2.05) is 33.8 Å². The molecule has 0 amide bonds. The van der Waals surface area contributed by atoms with Crippen LogP contribution in [0.4, 0.5) is 21.7 Å². The Kier molecular flexibility index (Phi) is 4.09. The molecular formula is C15H20FN5. The predicted octanol–water partition coefficient (Wildman–Crippen LogP) is 3.25. The predicted molar refractivity (Wildman–Crippen MR) is 83.0 cm³/mol. The molecule has 4 N–H and O–H groups in total. The first-order valence-corrected chi connectivity index (χ1v) is 6.68. The molecule has 5 nitrogen and oxygen atoms in total. The summed E-state index contributed by atoms with van der Waals surface area (Å²) in [5.41, 5.74) is 3.77. The van der Waals surface area contributed by atoms with Gasteiger partial charge in [-0.3, -0.25) is 0 Å². The van der Waals surface area contributed by atoms with Crippen molar-refractivity contribution in [1.82, 2.24) is 9.97 Å². The van der Waals surface area contributed by atoms with E-state index in [9.17, 15) is 4.39 Å². The summed E-state index contributed by atoms with van der Waals surface area (Å²) in [5.74, 6) is 6.87. The second-order valence-electron chi connectivity index (χ2n) is 6.00. The lowest BCUT2D eigenvalue weighted by Gasteiger charge is -2.19. The maximum absolute atomic E-state index is 13.4. The third-order valence-electron chi connectivity index (χ3n) is 2.86. The van der Waals surface area contributed by atoms with Gasteiger partial charge in [-0.25, -0.2) is 20.2 Å². The van der Waals surface area contributed by atoms with Gasteiger partial charge >= 0.3 is 0 Å². The van der Waals surface area contributed by atoms with Gasteiger partial charge in [-0.15, -0.1) is 0 Å². The Bertz CT molecular complexity index is 629. The van der Waals surface area contributed by atoms with Crippen LogP contribution in [0, 0.1) is 12.7 Å². The van der Waals surface area contributed by atoms with Crippen molar-refractivity contribution in [3.8, 4) is 0 Å². The molecule has 2 aromatic rings. The van der Waals surface area contributed by atoms with Gasteiger partial charge in [0.1, 0.15) is 23.3 Å². The molecule has 21 heavy (non-hydrogen) atoms. The average Bonchev–Trinajstić information content (AvgIpc) is 2.36. The Hall–Kier alpha value is -2.21. The van der Waals surface area contributed by atoms with Crippen molar-refractivity contribution >= 4 is 17.3 Å². The number of benzene rings is 1. The van der Waals surface area contributed by atoms with E-state index >= 15 is 0 Å². The number of nitrogens with two attached hydrogens (primary N) is 1. The van der Waals surface area contributed by atoms with E-state index in [1.54, 1.807) is 6.07 Å². The Morgan fingerprint density at radius 3 is 2.29 bits per heavy atom. The van der Waals surface area contributed by atoms with Gasteiger partial charge in [0, 0.05) is 17.2 Å². The summed E-state index contributed by atoms with van der Waals surface area (Å²) in [4.78, 5) is 8.81. The third kappa shape index (κ3) is 3.88. The quantitative estimate of drug-likeness (QED) is 0.597. The SMILES string of the molecule is Cc1cc(F)cc(Nc2cc(NN)nc(C(C)(C)C)n2)c1. The van der Waals surface area contributed by atoms with Gasteiger partial charge < -0.3 is 10.7 Å². The number of nitrogen functional groups attached to an aromatic ring is 1. The molecule has 0 unspecified atom stereocenters. The molecular weight excluding hydrogens is 269 g/mol. The van der Waals surface area contributed by atoms with Crippen LogP contribution in [0.3, 0.4) is 0 Å². The largest absolute Gasteiger partial charge is 0.340 e. The molecule has 0 aliphatic rings. The van der Waals surface area contributed by atoms with Gasteiger partial charge in [0.25, 0.3) is 0 Å². The van der Waals surface area contributed by atoms with Crippen molar-refractivity contribution in [3.63, 3.8) is 0 Å². The summed E-state index contributed by atoms with van der Waals surface area (Å²) in [6.07, 6.45) is 0. The zero-order valence-corrected chi connectivity index (χ0v) is 12.7. The molecule has 0 atom stereocenters. The fourth-order valence-corrected chi connectivity index (χ4v) is 1.88. The fourth-order valence-electron chi connectivity index (χ4n) is 1.88. The molecule has 112 valence electrons. The maximum atomic E-state index is 13.4. The molecule has 0 aliphatic heterocycles. The zero-order valence-electron chi connectivity index (χ0n) is 12.7. The molecule has 6 heteroatoms. The van der Waals surface area contributed by atoms with Gasteiger partial charge in [-0.1, -0.05) is 20.8 Å². The van der Waals surface area contributed by atoms with E-state index in [1.165, 1.54) is 12.1 Å². The number of anilines is 3. The number of halogens is 1. The van der Waals surface area contributed by atoms with Crippen LogP contribution in [-0.2, 0) is 5.41 Å². The summed E-state index contributed by atoms with van der Waals surface area (Å²) >= 11 is 0. The van der Waals surface area contributed by atoms with Crippen LogP contribution >= 0.6 is 0 Å². The van der Waals surface area contributed by atoms with E-state index in [2.05, 4.69) is 20.7 Å². The summed E-state index contributed by atoms with van der Waals surface area (Å²) in [6, 6.07) is 6.41. The van der Waals surface area contributed by atoms with E-state index in [-0.39, 0.29) is 11.2 Å². The Morgan fingerprint density at radius 2 is 1.71 bits per heavy atom. The minimum Gasteiger partial charge on any atom is -0.340 e. The highest BCUT2D eigenvalue weighted by atomic mass is 19.1. The fraction of sp³-hybridized carbons (Fsp3) is 0.333. The van der Waals surface area contributed by atoms with Crippen LogP contribution in [-0.4, -0.2) is 9.97 Å². The molecule has 0 bridgehead atoms. The molecule has 1 aromatic carbocycles. The van der Waals surface area contributed by atoms with Gasteiger partial charge in [0.15, 0.2) is 0 Å². The van der Waals surface area contributed by atoms with Gasteiger partial charge in [-0.05, 0) is 30.7 Å². The number of hydrazine groups is 1. The van der Waals surface area contributed by atoms with Crippen LogP contribution in [0.1, 0.15) is 32.2 Å². The molecule has 0 fully saturated rings. The molecule has 0 radical (unpaired) electrons. The van der Waals surface area contributed by atoms with E-state index in [0.29, 0.717) is 23.1 Å². The van der Waals surface area contributed by atoms with Crippen LogP contribution in [0.2, 0.25) is 0 Å². The number of aryl methyl sites for hydroxylation is 1. The van der Waals surface area contributed by atoms with E-state index in [0.717, 1.165) is 5.56 Å². The summed E-state index contributed by atoms with van der Waals surface area (Å²) < 4.78 is 13.4. The van der Waals surface area contributed by atoms with E-state index < -0.39 is 0 Å². The van der Waals surface area contributed by atoms with Crippen LogP contribution in [0.25, 0.3) is 0 Å². The summed E-state index contributed by atoms with van der Waals surface area (Å²) in [5, 5.41) is 3.09. The standard InChI is InChI=1S/C15H20FN5/c1-9-5-10(16)7-11(6-9)18-12-8-13(21-17)20-14(19-12)15(2,3)4/h5-8H,17H2,1-4H3,(H2,18,19,20,21). The second-order valence-corrected chi connectivity index (χ2v) is 6.00. The maximum Gasteiger partial charge on any atom is 0.145 e. The van der Waals surface area contributed by atoms with Crippen molar-refractivity contribution < 1.29 is 4.39 Å². The van der Waals surface area contributed by atoms with Crippen molar-refractivity contribution in [3.05, 3.63) is 41.5 Å². The molecule has 0 saturated carbocycles. The normalized spacial score (nSPS) is 11.3. The highest BCUT2D eigenvalue weighted by Gasteiger charge is 2.19. The monoisotopic (exact) mass is 289 g/mol. The van der Waals surface area contributed by atoms with Crippen molar-refractivity contribution in [2.24, 2.45) is 5.84 Å². The van der Waals surface area contributed by atoms with Crippen LogP contribution in [0.15, 0.2) is 24.3 Å². The highest BCUT2D eigenvalue weighted by Crippen LogP contribution is 2.24. The first kappa shape index (κ1) is 15.2. The molecule has 0 spiro atoms. The minimum atomic E-state index is -0.292. The lowest BCUT2D eigenvalue weighted by atomic mass is 9.96. The lowest BCUT2D eigenvalue weighted by molar-refractivity contribution is 0.547. The Morgan fingerprint density at radius 1 is 1.05 bits per heavy atom. The van der Waals surface area contributed by atoms with Crippen LogP contribution in [0.5, 0.6) is 0 Å². The van der Waals surface area contributed by atoms with Gasteiger partial charge in [-0.2, -0.15) is 0 Å². The number of nitrogens with one attached hydrogen (secondary N) is 2.